The number of benzene rings is 1. The maximum Gasteiger partial charge on any atom is 0.261 e. The molecule has 0 radical (unpaired) electrons. The number of aliphatic imine (C=N–C) groups is 1. The zero-order valence-electron chi connectivity index (χ0n) is 14.7. The summed E-state index contributed by atoms with van der Waals surface area (Å²) in [7, 11) is 1.58. The fourth-order valence-corrected chi connectivity index (χ4v) is 3.66. The van der Waals surface area contributed by atoms with Crippen LogP contribution in [0.4, 0.5) is 4.39 Å². The fourth-order valence-electron chi connectivity index (χ4n) is 3.66. The molecule has 1 spiro atoms. The van der Waals surface area contributed by atoms with Gasteiger partial charge < -0.3 is 10.5 Å². The summed E-state index contributed by atoms with van der Waals surface area (Å²) >= 11 is 0. The molecule has 26 heavy (non-hydrogen) atoms. The van der Waals surface area contributed by atoms with Crippen LogP contribution in [0.2, 0.25) is 0 Å². The van der Waals surface area contributed by atoms with E-state index in [1.807, 2.05) is 13.8 Å². The number of guanidine groups is 1. The molecule has 1 unspecified atom stereocenters. The van der Waals surface area contributed by atoms with E-state index in [4.69, 9.17) is 10.5 Å². The number of nitrogens with two attached hydrogens (primary N) is 1. The van der Waals surface area contributed by atoms with Crippen LogP contribution >= 0.6 is 0 Å². The molecule has 1 atom stereocenters. The third-order valence-electron chi connectivity index (χ3n) is 4.76. The largest absolute Gasteiger partial charge is 0.487 e. The molecule has 1 aromatic heterocycles. The van der Waals surface area contributed by atoms with E-state index in [0.29, 0.717) is 23.3 Å². The van der Waals surface area contributed by atoms with E-state index in [0.717, 1.165) is 0 Å². The summed E-state index contributed by atoms with van der Waals surface area (Å²) in [5.74, 6) is -0.316. The van der Waals surface area contributed by atoms with Gasteiger partial charge in [-0.15, -0.1) is 0 Å². The predicted molar refractivity (Wildman–Crippen MR) is 92.8 cm³/mol. The number of carbonyl (C=O) groups is 1. The number of amides is 1. The van der Waals surface area contributed by atoms with Gasteiger partial charge >= 0.3 is 0 Å². The highest BCUT2D eigenvalue weighted by Crippen LogP contribution is 2.50. The number of hydrogen-bond donors (Lipinski definition) is 1. The van der Waals surface area contributed by atoms with Gasteiger partial charge in [0.1, 0.15) is 23.5 Å². The van der Waals surface area contributed by atoms with Gasteiger partial charge in [0.05, 0.1) is 0 Å². The number of ether oxygens (including phenoxy) is 1. The third-order valence-corrected chi connectivity index (χ3v) is 4.76. The SMILES string of the molecule is CN1C(=O)C2(CC(C)(C)Oc3cc(F)c(-c4cncnc4)cc32)N=C1N. The number of carbonyl (C=O) groups excluding carboxylic acids is 1. The second-order valence-electron chi connectivity index (χ2n) is 7.19. The van der Waals surface area contributed by atoms with Crippen LogP contribution in [0.25, 0.3) is 11.1 Å². The van der Waals surface area contributed by atoms with E-state index in [-0.39, 0.29) is 17.4 Å². The van der Waals surface area contributed by atoms with E-state index >= 15 is 0 Å². The average Bonchev–Trinajstić information content (AvgIpc) is 2.78. The molecule has 0 saturated carbocycles. The van der Waals surface area contributed by atoms with Crippen LogP contribution < -0.4 is 10.5 Å². The number of likely N-dealkylation sites (N-methyl/N-ethyl adjacent to an activating group) is 1. The normalized spacial score (nSPS) is 23.6. The molecule has 8 heteroatoms. The summed E-state index contributed by atoms with van der Waals surface area (Å²) in [6.45, 7) is 3.68. The molecule has 2 aliphatic rings. The predicted octanol–water partition coefficient (Wildman–Crippen LogP) is 1.83. The number of aromatic nitrogens is 2. The molecule has 2 aromatic rings. The van der Waals surface area contributed by atoms with Crippen molar-refractivity contribution < 1.29 is 13.9 Å². The van der Waals surface area contributed by atoms with Crippen LogP contribution in [0.15, 0.2) is 35.8 Å². The summed E-state index contributed by atoms with van der Waals surface area (Å²) in [4.78, 5) is 26.7. The standard InChI is InChI=1S/C18H18FN5O2/c1-17(2)8-18(15(25)24(3)16(20)23-18)12-4-11(10-6-21-9-22-7-10)13(19)5-14(12)26-17/h4-7,9H,8H2,1-3H3,(H2,20,23). The first-order chi connectivity index (χ1) is 12.2. The van der Waals surface area contributed by atoms with E-state index in [9.17, 15) is 9.18 Å². The van der Waals surface area contributed by atoms with Gasteiger partial charge in [0.25, 0.3) is 5.91 Å². The van der Waals surface area contributed by atoms with Crippen LogP contribution in [-0.2, 0) is 10.3 Å². The Labute approximate surface area is 149 Å². The minimum Gasteiger partial charge on any atom is -0.487 e. The zero-order valence-corrected chi connectivity index (χ0v) is 14.7. The minimum atomic E-state index is -1.23. The Balaban J connectivity index is 1.98. The molecule has 0 saturated heterocycles. The lowest BCUT2D eigenvalue weighted by Crippen LogP contribution is -2.49. The Morgan fingerprint density at radius 3 is 2.58 bits per heavy atom. The molecular weight excluding hydrogens is 337 g/mol. The number of rotatable bonds is 1. The molecule has 4 rings (SSSR count). The Morgan fingerprint density at radius 2 is 1.96 bits per heavy atom. The zero-order chi connectivity index (χ0) is 18.7. The number of nitrogens with zero attached hydrogens (tertiary/aromatic N) is 4. The number of hydrogen-bond acceptors (Lipinski definition) is 6. The third kappa shape index (κ3) is 2.25. The van der Waals surface area contributed by atoms with Crippen molar-refractivity contribution in [2.24, 2.45) is 10.7 Å². The van der Waals surface area contributed by atoms with Gasteiger partial charge in [-0.1, -0.05) is 0 Å². The highest BCUT2D eigenvalue weighted by Gasteiger charge is 2.55. The van der Waals surface area contributed by atoms with Crippen molar-refractivity contribution in [2.75, 3.05) is 7.05 Å². The average molecular weight is 355 g/mol. The van der Waals surface area contributed by atoms with Gasteiger partial charge in [-0.25, -0.2) is 19.4 Å². The highest BCUT2D eigenvalue weighted by molar-refractivity contribution is 6.07. The summed E-state index contributed by atoms with van der Waals surface area (Å²) < 4.78 is 20.7. The van der Waals surface area contributed by atoms with Gasteiger partial charge in [0.2, 0.25) is 0 Å². The molecule has 1 amide bonds. The summed E-state index contributed by atoms with van der Waals surface area (Å²) in [6, 6.07) is 2.88. The number of halogens is 1. The van der Waals surface area contributed by atoms with E-state index in [1.54, 1.807) is 13.1 Å². The molecule has 2 aliphatic heterocycles. The summed E-state index contributed by atoms with van der Waals surface area (Å²) in [5.41, 5.74) is 5.26. The Hall–Kier alpha value is -3.03. The molecule has 0 aliphatic carbocycles. The van der Waals surface area contributed by atoms with E-state index < -0.39 is 17.0 Å². The quantitative estimate of drug-likeness (QED) is 0.842. The lowest BCUT2D eigenvalue weighted by molar-refractivity contribution is -0.133. The molecule has 134 valence electrons. The van der Waals surface area contributed by atoms with Gasteiger partial charge in [0, 0.05) is 48.6 Å². The molecule has 7 nitrogen and oxygen atoms in total. The first-order valence-electron chi connectivity index (χ1n) is 8.15. The lowest BCUT2D eigenvalue weighted by Gasteiger charge is -2.41. The van der Waals surface area contributed by atoms with Crippen molar-refractivity contribution in [1.82, 2.24) is 14.9 Å². The van der Waals surface area contributed by atoms with Crippen LogP contribution in [0.1, 0.15) is 25.8 Å². The molecule has 1 aromatic carbocycles. The van der Waals surface area contributed by atoms with Gasteiger partial charge in [0.15, 0.2) is 11.5 Å². The number of fused-ring (bicyclic) bond motifs is 2. The van der Waals surface area contributed by atoms with Crippen molar-refractivity contribution in [3.63, 3.8) is 0 Å². The van der Waals surface area contributed by atoms with Crippen LogP contribution in [0, 0.1) is 5.82 Å². The minimum absolute atomic E-state index is 0.132. The molecule has 0 fully saturated rings. The highest BCUT2D eigenvalue weighted by atomic mass is 19.1. The smallest absolute Gasteiger partial charge is 0.261 e. The first kappa shape index (κ1) is 16.4. The Morgan fingerprint density at radius 1 is 1.27 bits per heavy atom. The molecule has 2 N–H and O–H groups in total. The first-order valence-corrected chi connectivity index (χ1v) is 8.15. The van der Waals surface area contributed by atoms with Crippen molar-refractivity contribution in [2.45, 2.75) is 31.4 Å². The van der Waals surface area contributed by atoms with Crippen LogP contribution in [-0.4, -0.2) is 39.4 Å². The van der Waals surface area contributed by atoms with Crippen molar-refractivity contribution in [3.8, 4) is 16.9 Å². The second kappa shape index (κ2) is 5.23. The van der Waals surface area contributed by atoms with Crippen LogP contribution in [0.5, 0.6) is 5.75 Å². The fraction of sp³-hybridized carbons (Fsp3) is 0.333. The Kier molecular flexibility index (Phi) is 3.31. The van der Waals surface area contributed by atoms with Crippen molar-refractivity contribution >= 4 is 11.9 Å². The Bertz CT molecular complexity index is 944. The maximum atomic E-state index is 14.7. The van der Waals surface area contributed by atoms with Gasteiger partial charge in [-0.3, -0.25) is 9.69 Å². The summed E-state index contributed by atoms with van der Waals surface area (Å²) in [5, 5.41) is 0. The van der Waals surface area contributed by atoms with E-state index in [2.05, 4.69) is 15.0 Å². The van der Waals surface area contributed by atoms with Crippen molar-refractivity contribution in [1.29, 1.82) is 0 Å². The van der Waals surface area contributed by atoms with Gasteiger partial charge in [-0.2, -0.15) is 0 Å². The monoisotopic (exact) mass is 355 g/mol. The van der Waals surface area contributed by atoms with Gasteiger partial charge in [-0.05, 0) is 19.9 Å². The molecule has 3 heterocycles. The maximum absolute atomic E-state index is 14.7. The lowest BCUT2D eigenvalue weighted by atomic mass is 9.77. The molecular formula is C18H18FN5O2. The summed E-state index contributed by atoms with van der Waals surface area (Å²) in [6.07, 6.45) is 4.69. The second-order valence-corrected chi connectivity index (χ2v) is 7.19. The van der Waals surface area contributed by atoms with E-state index in [1.165, 1.54) is 29.7 Å². The van der Waals surface area contributed by atoms with Crippen molar-refractivity contribution in [3.05, 3.63) is 42.2 Å². The topological polar surface area (TPSA) is 93.7 Å². The van der Waals surface area contributed by atoms with Crippen LogP contribution in [0.3, 0.4) is 0 Å². The molecule has 0 bridgehead atoms.